The molecule has 4 bridgehead atoms. The molecule has 1 N–H and O–H groups in total. The molecule has 0 radical (unpaired) electrons. The lowest BCUT2D eigenvalue weighted by Gasteiger charge is -2.55. The zero-order valence-corrected chi connectivity index (χ0v) is 21.1. The molecule has 0 atom stereocenters. The fraction of sp³-hybridized carbons (Fsp3) is 0.433. The zero-order valence-electron chi connectivity index (χ0n) is 21.1. The van der Waals surface area contributed by atoms with Crippen LogP contribution in [0.25, 0.3) is 22.7 Å². The molecule has 36 heavy (non-hydrogen) atoms. The number of nitriles is 1. The van der Waals surface area contributed by atoms with Gasteiger partial charge in [-0.25, -0.2) is 4.98 Å². The number of aromatic nitrogens is 2. The Bertz CT molecular complexity index is 1370. The van der Waals surface area contributed by atoms with Crippen molar-refractivity contribution in [2.45, 2.75) is 52.4 Å². The summed E-state index contributed by atoms with van der Waals surface area (Å²) in [5.74, 6) is 3.36. The molecule has 4 fully saturated rings. The van der Waals surface area contributed by atoms with Gasteiger partial charge in [-0.3, -0.25) is 4.79 Å². The number of nitrogens with zero attached hydrogens (tertiary/aromatic N) is 2. The number of aromatic amines is 1. The van der Waals surface area contributed by atoms with E-state index in [1.54, 1.807) is 25.3 Å². The molecule has 0 amide bonds. The normalized spacial score (nSPS) is 26.7. The summed E-state index contributed by atoms with van der Waals surface area (Å²) in [5.41, 5.74) is 4.92. The van der Waals surface area contributed by atoms with Crippen LogP contribution in [0.5, 0.6) is 11.5 Å². The number of fused-ring (bicyclic) bond motifs is 1. The number of carbonyl (C=O) groups excluding carboxylic acids is 1. The Morgan fingerprint density at radius 3 is 2.36 bits per heavy atom. The van der Waals surface area contributed by atoms with Crippen LogP contribution in [0.1, 0.15) is 61.0 Å². The number of benzene rings is 2. The number of carbonyl (C=O) groups is 1. The Balaban J connectivity index is 1.26. The van der Waals surface area contributed by atoms with E-state index in [2.05, 4.69) is 23.0 Å². The van der Waals surface area contributed by atoms with Gasteiger partial charge in [0.15, 0.2) is 11.5 Å². The Morgan fingerprint density at radius 1 is 1.06 bits per heavy atom. The summed E-state index contributed by atoms with van der Waals surface area (Å²) < 4.78 is 11.6. The molecule has 6 heteroatoms. The minimum Gasteiger partial charge on any atom is -0.493 e. The number of hydrogen-bond donors (Lipinski definition) is 1. The van der Waals surface area contributed by atoms with Crippen molar-refractivity contribution in [2.75, 3.05) is 7.11 Å². The second kappa shape index (κ2) is 8.51. The average molecular weight is 482 g/mol. The summed E-state index contributed by atoms with van der Waals surface area (Å²) in [6, 6.07) is 11.7. The average Bonchev–Trinajstić information content (AvgIpc) is 3.25. The monoisotopic (exact) mass is 481 g/mol. The van der Waals surface area contributed by atoms with Crippen molar-refractivity contribution in [3.05, 3.63) is 52.8 Å². The van der Waals surface area contributed by atoms with Crippen LogP contribution in [-0.2, 0) is 4.79 Å². The fourth-order valence-corrected chi connectivity index (χ4v) is 7.14. The number of imidazole rings is 1. The van der Waals surface area contributed by atoms with Gasteiger partial charge in [-0.05, 0) is 117 Å². The molecule has 4 saturated carbocycles. The number of allylic oxidation sites excluding steroid dienone is 1. The molecule has 0 unspecified atom stereocenters. The Hall–Kier alpha value is -3.59. The highest BCUT2D eigenvalue weighted by Gasteiger charge is 2.55. The molecule has 4 aliphatic carbocycles. The maximum absolute atomic E-state index is 13.4. The first-order valence-electron chi connectivity index (χ1n) is 12.9. The molecule has 3 aromatic rings. The number of nitrogens with one attached hydrogen (secondary N) is 1. The molecular weight excluding hydrogens is 450 g/mol. The van der Waals surface area contributed by atoms with Crippen LogP contribution in [-0.4, -0.2) is 23.0 Å². The first-order chi connectivity index (χ1) is 17.4. The van der Waals surface area contributed by atoms with Crippen LogP contribution in [0.15, 0.2) is 30.3 Å². The highest BCUT2D eigenvalue weighted by Crippen LogP contribution is 2.60. The highest BCUT2D eigenvalue weighted by molar-refractivity contribution is 5.91. The predicted molar refractivity (Wildman–Crippen MR) is 138 cm³/mol. The molecule has 1 aromatic heterocycles. The Labute approximate surface area is 211 Å². The number of hydrogen-bond acceptors (Lipinski definition) is 5. The number of aryl methyl sites for hydroxylation is 2. The largest absolute Gasteiger partial charge is 0.493 e. The summed E-state index contributed by atoms with van der Waals surface area (Å²) in [4.78, 5) is 21.3. The summed E-state index contributed by atoms with van der Waals surface area (Å²) >= 11 is 0. The van der Waals surface area contributed by atoms with Crippen LogP contribution in [0, 0.1) is 48.3 Å². The van der Waals surface area contributed by atoms with Gasteiger partial charge in [-0.1, -0.05) is 6.07 Å². The standard InChI is InChI=1S/C30H31N3O3/c1-17-6-24-25(7-18(17)2)33-28(32-24)23(16-31)11-19-4-5-26(27(12-19)35-3)36-29(34)30-13-20-8-21(14-30)10-22(9-20)15-30/h4-7,11-12,20-22H,8-10,13-15H2,1-3H3,(H,32,33)/b23-11+. The van der Waals surface area contributed by atoms with Crippen LogP contribution >= 0.6 is 0 Å². The van der Waals surface area contributed by atoms with Crippen molar-refractivity contribution < 1.29 is 14.3 Å². The van der Waals surface area contributed by atoms with Crippen molar-refractivity contribution in [3.63, 3.8) is 0 Å². The van der Waals surface area contributed by atoms with Gasteiger partial charge >= 0.3 is 5.97 Å². The molecule has 2 aromatic carbocycles. The van der Waals surface area contributed by atoms with Gasteiger partial charge in [-0.15, -0.1) is 0 Å². The number of ether oxygens (including phenoxy) is 2. The van der Waals surface area contributed by atoms with E-state index in [0.717, 1.165) is 41.4 Å². The van der Waals surface area contributed by atoms with Crippen LogP contribution in [0.2, 0.25) is 0 Å². The topological polar surface area (TPSA) is 88.0 Å². The third kappa shape index (κ3) is 3.87. The third-order valence-electron chi connectivity index (χ3n) is 8.65. The van der Waals surface area contributed by atoms with Crippen molar-refractivity contribution in [3.8, 4) is 17.6 Å². The molecule has 184 valence electrons. The van der Waals surface area contributed by atoms with Gasteiger partial charge in [0.2, 0.25) is 0 Å². The molecular formula is C30H31N3O3. The summed E-state index contributed by atoms with van der Waals surface area (Å²) in [5, 5.41) is 9.85. The van der Waals surface area contributed by atoms with Crippen molar-refractivity contribution in [1.82, 2.24) is 9.97 Å². The SMILES string of the molecule is COc1cc(/C=C(\C#N)c2nc3cc(C)c(C)cc3[nH]2)ccc1OC(=O)C12CC3CC(CC(C3)C1)C2. The lowest BCUT2D eigenvalue weighted by molar-refractivity contribution is -0.161. The van der Waals surface area contributed by atoms with E-state index in [0.29, 0.717) is 40.7 Å². The van der Waals surface area contributed by atoms with Gasteiger partial charge in [0.25, 0.3) is 0 Å². The van der Waals surface area contributed by atoms with E-state index in [1.807, 2.05) is 25.1 Å². The van der Waals surface area contributed by atoms with E-state index in [4.69, 9.17) is 9.47 Å². The van der Waals surface area contributed by atoms with E-state index in [9.17, 15) is 10.1 Å². The number of esters is 1. The van der Waals surface area contributed by atoms with Gasteiger partial charge in [0.05, 0.1) is 29.1 Å². The van der Waals surface area contributed by atoms with E-state index in [-0.39, 0.29) is 11.4 Å². The van der Waals surface area contributed by atoms with Crippen molar-refractivity contribution in [1.29, 1.82) is 5.26 Å². The van der Waals surface area contributed by atoms with Gasteiger partial charge in [0, 0.05) is 0 Å². The third-order valence-corrected chi connectivity index (χ3v) is 8.65. The molecule has 0 spiro atoms. The molecule has 0 aliphatic heterocycles. The van der Waals surface area contributed by atoms with E-state index < -0.39 is 0 Å². The van der Waals surface area contributed by atoms with Crippen molar-refractivity contribution >= 4 is 28.7 Å². The first kappa shape index (κ1) is 22.8. The van der Waals surface area contributed by atoms with E-state index in [1.165, 1.54) is 24.8 Å². The van der Waals surface area contributed by atoms with Crippen molar-refractivity contribution in [2.24, 2.45) is 23.2 Å². The Kier molecular flexibility index (Phi) is 5.40. The number of H-pyrrole nitrogens is 1. The quantitative estimate of drug-likeness (QED) is 0.260. The Morgan fingerprint density at radius 2 is 1.72 bits per heavy atom. The van der Waals surface area contributed by atoms with Gasteiger partial charge < -0.3 is 14.5 Å². The summed E-state index contributed by atoms with van der Waals surface area (Å²) in [6.07, 6.45) is 8.49. The first-order valence-corrected chi connectivity index (χ1v) is 12.9. The van der Waals surface area contributed by atoms with Gasteiger partial charge in [-0.2, -0.15) is 5.26 Å². The minimum absolute atomic E-state index is 0.103. The zero-order chi connectivity index (χ0) is 25.0. The van der Waals surface area contributed by atoms with E-state index >= 15 is 0 Å². The maximum Gasteiger partial charge on any atom is 0.317 e. The number of rotatable bonds is 5. The number of methoxy groups -OCH3 is 1. The highest BCUT2D eigenvalue weighted by atomic mass is 16.6. The van der Waals surface area contributed by atoms with Crippen LogP contribution in [0.3, 0.4) is 0 Å². The smallest absolute Gasteiger partial charge is 0.317 e. The molecule has 1 heterocycles. The predicted octanol–water partition coefficient (Wildman–Crippen LogP) is 6.37. The molecule has 4 aliphatic rings. The lowest BCUT2D eigenvalue weighted by Crippen LogP contribution is -2.51. The maximum atomic E-state index is 13.4. The molecule has 7 rings (SSSR count). The summed E-state index contributed by atoms with van der Waals surface area (Å²) in [7, 11) is 1.57. The van der Waals surface area contributed by atoms with Gasteiger partial charge in [0.1, 0.15) is 11.9 Å². The summed E-state index contributed by atoms with van der Waals surface area (Å²) in [6.45, 7) is 4.11. The van der Waals surface area contributed by atoms with Crippen LogP contribution < -0.4 is 9.47 Å². The molecule has 0 saturated heterocycles. The van der Waals surface area contributed by atoms with Crippen LogP contribution in [0.4, 0.5) is 0 Å². The lowest BCUT2D eigenvalue weighted by atomic mass is 9.49. The molecule has 6 nitrogen and oxygen atoms in total. The minimum atomic E-state index is -0.329. The fourth-order valence-electron chi connectivity index (χ4n) is 7.14. The second-order valence-electron chi connectivity index (χ2n) is 11.2. The second-order valence-corrected chi connectivity index (χ2v) is 11.2.